The van der Waals surface area contributed by atoms with E-state index in [9.17, 15) is 4.79 Å². The van der Waals surface area contributed by atoms with Gasteiger partial charge in [0.15, 0.2) is 0 Å². The van der Waals surface area contributed by atoms with Crippen LogP contribution >= 0.6 is 0 Å². The molecule has 1 aromatic rings. The number of amides is 1. The van der Waals surface area contributed by atoms with Gasteiger partial charge in [-0.2, -0.15) is 0 Å². The van der Waals surface area contributed by atoms with E-state index >= 15 is 0 Å². The molecular weight excluding hydrogens is 256 g/mol. The van der Waals surface area contributed by atoms with E-state index in [-0.39, 0.29) is 23.5 Å². The average Bonchev–Trinajstić information content (AvgIpc) is 2.92. The van der Waals surface area contributed by atoms with Gasteiger partial charge in [-0.05, 0) is 13.8 Å². The molecule has 0 aliphatic heterocycles. The fourth-order valence-corrected chi connectivity index (χ4v) is 2.73. The summed E-state index contributed by atoms with van der Waals surface area (Å²) in [5.41, 5.74) is 5.05. The molecule has 3 atom stereocenters. The van der Waals surface area contributed by atoms with Crippen molar-refractivity contribution in [3.8, 4) is 0 Å². The molecule has 20 heavy (non-hydrogen) atoms. The number of nitrogens with zero attached hydrogens (tertiary/aromatic N) is 1. The largest absolute Gasteiger partial charge is 0.378 e. The van der Waals surface area contributed by atoms with Crippen molar-refractivity contribution in [3.63, 3.8) is 0 Å². The molecule has 6 nitrogen and oxygen atoms in total. The van der Waals surface area contributed by atoms with Crippen LogP contribution in [-0.2, 0) is 9.53 Å². The monoisotopic (exact) mass is 280 g/mol. The van der Waals surface area contributed by atoms with Crippen molar-refractivity contribution < 1.29 is 9.53 Å². The summed E-state index contributed by atoms with van der Waals surface area (Å²) in [5.74, 6) is 0.572. The SMILES string of the molecule is CCOC1CC(N)(C(=O)NC(C)c2ncc[nH]2)C1(C)C. The van der Waals surface area contributed by atoms with Gasteiger partial charge < -0.3 is 20.8 Å². The molecule has 0 saturated heterocycles. The summed E-state index contributed by atoms with van der Waals surface area (Å²) < 4.78 is 5.64. The summed E-state index contributed by atoms with van der Waals surface area (Å²) in [6.45, 7) is 8.42. The molecule has 1 fully saturated rings. The molecular formula is C14H24N4O2. The molecule has 1 amide bonds. The second-order valence-corrected chi connectivity index (χ2v) is 6.01. The molecule has 3 unspecified atom stereocenters. The van der Waals surface area contributed by atoms with Crippen molar-refractivity contribution in [1.82, 2.24) is 15.3 Å². The zero-order chi connectivity index (χ0) is 15.0. The fourth-order valence-electron chi connectivity index (χ4n) is 2.73. The van der Waals surface area contributed by atoms with Gasteiger partial charge in [-0.15, -0.1) is 0 Å². The first kappa shape index (κ1) is 15.0. The Morgan fingerprint density at radius 3 is 2.90 bits per heavy atom. The van der Waals surface area contributed by atoms with Crippen molar-refractivity contribution in [3.05, 3.63) is 18.2 Å². The average molecular weight is 280 g/mol. The Labute approximate surface area is 119 Å². The predicted molar refractivity (Wildman–Crippen MR) is 75.9 cm³/mol. The number of aromatic amines is 1. The number of imidazole rings is 1. The molecule has 6 heteroatoms. The second kappa shape index (κ2) is 5.18. The predicted octanol–water partition coefficient (Wildman–Crippen LogP) is 1.12. The third kappa shape index (κ3) is 2.23. The smallest absolute Gasteiger partial charge is 0.241 e. The lowest BCUT2D eigenvalue weighted by Crippen LogP contribution is -2.75. The van der Waals surface area contributed by atoms with E-state index < -0.39 is 5.54 Å². The fraction of sp³-hybridized carbons (Fsp3) is 0.714. The van der Waals surface area contributed by atoms with Crippen molar-refractivity contribution in [2.45, 2.75) is 51.8 Å². The Morgan fingerprint density at radius 2 is 2.40 bits per heavy atom. The molecule has 0 aromatic carbocycles. The lowest BCUT2D eigenvalue weighted by Gasteiger charge is -2.57. The minimum atomic E-state index is -0.895. The molecule has 112 valence electrons. The van der Waals surface area contributed by atoms with Gasteiger partial charge in [0.25, 0.3) is 0 Å². The van der Waals surface area contributed by atoms with Crippen LogP contribution in [0, 0.1) is 5.41 Å². The van der Waals surface area contributed by atoms with Crippen LogP contribution in [0.5, 0.6) is 0 Å². The standard InChI is InChI=1S/C14H24N4O2/c1-5-20-10-8-14(15,13(10,3)4)12(19)18-9(2)11-16-6-7-17-11/h6-7,9-10H,5,8,15H2,1-4H3,(H,16,17)(H,18,19). The van der Waals surface area contributed by atoms with Gasteiger partial charge in [-0.3, -0.25) is 4.79 Å². The Bertz CT molecular complexity index is 472. The number of H-pyrrole nitrogens is 1. The summed E-state index contributed by atoms with van der Waals surface area (Å²) in [6, 6.07) is -0.195. The Balaban J connectivity index is 2.03. The van der Waals surface area contributed by atoms with Crippen LogP contribution in [0.3, 0.4) is 0 Å². The lowest BCUT2D eigenvalue weighted by atomic mass is 9.54. The van der Waals surface area contributed by atoms with Crippen molar-refractivity contribution in [2.24, 2.45) is 11.1 Å². The van der Waals surface area contributed by atoms with E-state index in [1.807, 2.05) is 27.7 Å². The molecule has 1 aromatic heterocycles. The molecule has 0 spiro atoms. The van der Waals surface area contributed by atoms with Gasteiger partial charge in [0.1, 0.15) is 11.4 Å². The number of aromatic nitrogens is 2. The molecule has 2 rings (SSSR count). The maximum Gasteiger partial charge on any atom is 0.241 e. The minimum Gasteiger partial charge on any atom is -0.378 e. The third-order valence-electron chi connectivity index (χ3n) is 4.51. The van der Waals surface area contributed by atoms with E-state index in [2.05, 4.69) is 15.3 Å². The van der Waals surface area contributed by atoms with Crippen LogP contribution in [0.4, 0.5) is 0 Å². The quantitative estimate of drug-likeness (QED) is 0.753. The highest BCUT2D eigenvalue weighted by atomic mass is 16.5. The highest BCUT2D eigenvalue weighted by Crippen LogP contribution is 2.50. The lowest BCUT2D eigenvalue weighted by molar-refractivity contribution is -0.171. The molecule has 1 saturated carbocycles. The molecule has 0 radical (unpaired) electrons. The third-order valence-corrected chi connectivity index (χ3v) is 4.51. The number of hydrogen-bond acceptors (Lipinski definition) is 4. The van der Waals surface area contributed by atoms with Gasteiger partial charge >= 0.3 is 0 Å². The number of ether oxygens (including phenoxy) is 1. The van der Waals surface area contributed by atoms with Gasteiger partial charge in [0.2, 0.25) is 5.91 Å². The van der Waals surface area contributed by atoms with Crippen molar-refractivity contribution >= 4 is 5.91 Å². The highest BCUT2D eigenvalue weighted by molar-refractivity contribution is 5.89. The van der Waals surface area contributed by atoms with Crippen LogP contribution in [0.15, 0.2) is 12.4 Å². The normalized spacial score (nSPS) is 29.6. The Morgan fingerprint density at radius 1 is 1.70 bits per heavy atom. The molecule has 1 heterocycles. The number of carbonyl (C=O) groups is 1. The summed E-state index contributed by atoms with van der Waals surface area (Å²) in [7, 11) is 0. The minimum absolute atomic E-state index is 0.0298. The summed E-state index contributed by atoms with van der Waals surface area (Å²) in [6.07, 6.45) is 3.97. The van der Waals surface area contributed by atoms with Crippen LogP contribution in [0.1, 0.15) is 46.0 Å². The van der Waals surface area contributed by atoms with Gasteiger partial charge in [-0.1, -0.05) is 13.8 Å². The van der Waals surface area contributed by atoms with E-state index in [4.69, 9.17) is 10.5 Å². The molecule has 0 bridgehead atoms. The van der Waals surface area contributed by atoms with Crippen LogP contribution in [0.2, 0.25) is 0 Å². The zero-order valence-electron chi connectivity index (χ0n) is 12.6. The van der Waals surface area contributed by atoms with E-state index in [1.165, 1.54) is 0 Å². The number of carbonyl (C=O) groups excluding carboxylic acids is 1. The summed E-state index contributed by atoms with van der Waals surface area (Å²) >= 11 is 0. The summed E-state index contributed by atoms with van der Waals surface area (Å²) in [5, 5.41) is 2.93. The molecule has 4 N–H and O–H groups in total. The van der Waals surface area contributed by atoms with Crippen LogP contribution in [0.25, 0.3) is 0 Å². The maximum atomic E-state index is 12.5. The topological polar surface area (TPSA) is 93.0 Å². The maximum absolute atomic E-state index is 12.5. The first-order chi connectivity index (χ1) is 9.33. The van der Waals surface area contributed by atoms with E-state index in [0.717, 1.165) is 5.82 Å². The molecule has 1 aliphatic rings. The van der Waals surface area contributed by atoms with Crippen molar-refractivity contribution in [1.29, 1.82) is 0 Å². The van der Waals surface area contributed by atoms with Crippen LogP contribution < -0.4 is 11.1 Å². The van der Waals surface area contributed by atoms with E-state index in [1.54, 1.807) is 12.4 Å². The second-order valence-electron chi connectivity index (χ2n) is 6.01. The highest BCUT2D eigenvalue weighted by Gasteiger charge is 2.62. The number of rotatable bonds is 5. The number of hydrogen-bond donors (Lipinski definition) is 3. The summed E-state index contributed by atoms with van der Waals surface area (Å²) in [4.78, 5) is 19.6. The Kier molecular flexibility index (Phi) is 3.88. The van der Waals surface area contributed by atoms with Crippen LogP contribution in [-0.4, -0.2) is 34.1 Å². The molecule has 1 aliphatic carbocycles. The Hall–Kier alpha value is -1.40. The number of nitrogens with one attached hydrogen (secondary N) is 2. The van der Waals surface area contributed by atoms with E-state index in [0.29, 0.717) is 13.0 Å². The van der Waals surface area contributed by atoms with Crippen molar-refractivity contribution in [2.75, 3.05) is 6.61 Å². The van der Waals surface area contributed by atoms with Gasteiger partial charge in [0, 0.05) is 30.8 Å². The first-order valence-electron chi connectivity index (χ1n) is 7.03. The zero-order valence-corrected chi connectivity index (χ0v) is 12.6. The number of nitrogens with two attached hydrogens (primary N) is 1. The van der Waals surface area contributed by atoms with Gasteiger partial charge in [-0.25, -0.2) is 4.98 Å². The first-order valence-corrected chi connectivity index (χ1v) is 7.03. The van der Waals surface area contributed by atoms with Gasteiger partial charge in [0.05, 0.1) is 12.1 Å².